The van der Waals surface area contributed by atoms with Crippen LogP contribution in [-0.2, 0) is 4.74 Å². The third-order valence-electron chi connectivity index (χ3n) is 3.42. The average molecular weight is 275 g/mol. The molecular formula is C10H17N3O6. The summed E-state index contributed by atoms with van der Waals surface area (Å²) in [5.74, 6) is -0.390. The number of rotatable bonds is 2. The Hall–Kier alpha value is -1.26. The summed E-state index contributed by atoms with van der Waals surface area (Å²) in [7, 11) is 0. The quantitative estimate of drug-likeness (QED) is 0.368. The van der Waals surface area contributed by atoms with E-state index in [2.05, 4.69) is 4.99 Å². The Balaban J connectivity index is 2.24. The summed E-state index contributed by atoms with van der Waals surface area (Å²) in [6, 6.07) is -0.868. The lowest BCUT2D eigenvalue weighted by atomic mass is 10.0. The van der Waals surface area contributed by atoms with Crippen molar-refractivity contribution in [3.05, 3.63) is 0 Å². The van der Waals surface area contributed by atoms with E-state index < -0.39 is 48.7 Å². The monoisotopic (exact) mass is 275 g/mol. The molecule has 0 aliphatic carbocycles. The summed E-state index contributed by atoms with van der Waals surface area (Å²) in [5, 5.41) is 38.6. The van der Waals surface area contributed by atoms with E-state index in [0.29, 0.717) is 0 Å². The van der Waals surface area contributed by atoms with Crippen molar-refractivity contribution < 1.29 is 30.0 Å². The fourth-order valence-corrected chi connectivity index (χ4v) is 2.11. The van der Waals surface area contributed by atoms with E-state index in [9.17, 15) is 20.1 Å². The molecule has 0 radical (unpaired) electrons. The van der Waals surface area contributed by atoms with Gasteiger partial charge in [0.1, 0.15) is 18.2 Å². The molecule has 2 amide bonds. The van der Waals surface area contributed by atoms with Gasteiger partial charge in [-0.25, -0.2) is 4.79 Å². The molecule has 1 saturated heterocycles. The molecule has 108 valence electrons. The first-order valence-corrected chi connectivity index (χ1v) is 5.80. The first-order valence-electron chi connectivity index (χ1n) is 5.80. The van der Waals surface area contributed by atoms with Gasteiger partial charge >= 0.3 is 6.03 Å². The minimum Gasteiger partial charge on any atom is -0.394 e. The van der Waals surface area contributed by atoms with Crippen LogP contribution in [0.3, 0.4) is 0 Å². The Morgan fingerprint density at radius 2 is 2.21 bits per heavy atom. The largest absolute Gasteiger partial charge is 0.394 e. The highest BCUT2D eigenvalue weighted by atomic mass is 16.6. The molecule has 0 spiro atoms. The number of aliphatic hydroxyl groups excluding tert-OH is 3. The molecule has 9 nitrogen and oxygen atoms in total. The van der Waals surface area contributed by atoms with Crippen LogP contribution in [0.25, 0.3) is 0 Å². The second kappa shape index (κ2) is 4.69. The van der Waals surface area contributed by atoms with Gasteiger partial charge in [-0.15, -0.1) is 0 Å². The number of ether oxygens (including phenoxy) is 1. The summed E-state index contributed by atoms with van der Waals surface area (Å²) < 4.78 is 5.26. The van der Waals surface area contributed by atoms with Crippen LogP contribution < -0.4 is 5.73 Å². The first kappa shape index (κ1) is 14.2. The number of carbonyl (C=O) groups excluding carboxylic acids is 1. The molecule has 5 atom stereocenters. The van der Waals surface area contributed by atoms with Gasteiger partial charge in [0.25, 0.3) is 0 Å². The van der Waals surface area contributed by atoms with E-state index in [1.54, 1.807) is 0 Å². The minimum atomic E-state index is -1.90. The molecule has 0 aromatic heterocycles. The molecule has 2 rings (SSSR count). The van der Waals surface area contributed by atoms with Crippen LogP contribution >= 0.6 is 0 Å². The van der Waals surface area contributed by atoms with Crippen molar-refractivity contribution in [3.8, 4) is 0 Å². The molecule has 0 aromatic rings. The fourth-order valence-electron chi connectivity index (χ4n) is 2.11. The van der Waals surface area contributed by atoms with Crippen molar-refractivity contribution in [3.63, 3.8) is 0 Å². The molecule has 6 N–H and O–H groups in total. The highest BCUT2D eigenvalue weighted by Crippen LogP contribution is 2.30. The van der Waals surface area contributed by atoms with Gasteiger partial charge in [0, 0.05) is 6.42 Å². The van der Waals surface area contributed by atoms with Crippen molar-refractivity contribution in [1.82, 2.24) is 4.90 Å². The Bertz CT molecular complexity index is 412. The van der Waals surface area contributed by atoms with E-state index in [4.69, 9.17) is 15.6 Å². The number of amides is 2. The lowest BCUT2D eigenvalue weighted by molar-refractivity contribution is -0.156. The zero-order valence-corrected chi connectivity index (χ0v) is 10.3. The van der Waals surface area contributed by atoms with Gasteiger partial charge in [-0.3, -0.25) is 4.90 Å². The van der Waals surface area contributed by atoms with Gasteiger partial charge in [0.15, 0.2) is 11.8 Å². The predicted octanol–water partition coefficient (Wildman–Crippen LogP) is -2.68. The standard InChI is InChI=1S/C10H17N3O6/c1-10(18)7(11)12-9(17)13(8(10)16)6-2-4(15)5(3-14)19-6/h4-6,8,14-16,18H,2-3H2,1H3,(H2,11,12,17)/t4-,5+,6+,8-,10-/m0/s1. The number of hydrogen-bond donors (Lipinski definition) is 5. The average Bonchev–Trinajstić information content (AvgIpc) is 2.68. The van der Waals surface area contributed by atoms with Gasteiger partial charge < -0.3 is 30.9 Å². The summed E-state index contributed by atoms with van der Waals surface area (Å²) in [6.45, 7) is 0.794. The smallest absolute Gasteiger partial charge is 0.349 e. The second-order valence-corrected chi connectivity index (χ2v) is 4.82. The maximum atomic E-state index is 11.8. The van der Waals surface area contributed by atoms with Crippen molar-refractivity contribution in [2.24, 2.45) is 10.7 Å². The highest BCUT2D eigenvalue weighted by molar-refractivity contribution is 6.00. The molecule has 2 heterocycles. The normalized spacial score (nSPS) is 43.5. The van der Waals surface area contributed by atoms with E-state index in [0.717, 1.165) is 4.90 Å². The van der Waals surface area contributed by atoms with Gasteiger partial charge in [0.05, 0.1) is 12.7 Å². The van der Waals surface area contributed by atoms with Crippen molar-refractivity contribution in [2.45, 2.75) is 43.6 Å². The van der Waals surface area contributed by atoms with Gasteiger partial charge in [0.2, 0.25) is 0 Å². The molecule has 2 aliphatic rings. The van der Waals surface area contributed by atoms with E-state index in [-0.39, 0.29) is 6.42 Å². The number of aliphatic imine (C=N–C) groups is 1. The number of hydrogen-bond acceptors (Lipinski definition) is 7. The zero-order valence-electron chi connectivity index (χ0n) is 10.3. The maximum absolute atomic E-state index is 11.8. The van der Waals surface area contributed by atoms with E-state index in [1.165, 1.54) is 6.92 Å². The molecule has 0 saturated carbocycles. The molecule has 9 heteroatoms. The molecule has 0 unspecified atom stereocenters. The van der Waals surface area contributed by atoms with Crippen LogP contribution in [0.5, 0.6) is 0 Å². The summed E-state index contributed by atoms with van der Waals surface area (Å²) in [6.07, 6.45) is -4.45. The lowest BCUT2D eigenvalue weighted by Gasteiger charge is -2.41. The third-order valence-corrected chi connectivity index (χ3v) is 3.42. The fraction of sp³-hybridized carbons (Fsp3) is 0.800. The first-order chi connectivity index (χ1) is 8.78. The number of aliphatic hydroxyl groups is 4. The van der Waals surface area contributed by atoms with Gasteiger partial charge in [-0.2, -0.15) is 4.99 Å². The van der Waals surface area contributed by atoms with Gasteiger partial charge in [-0.1, -0.05) is 0 Å². The SMILES string of the molecule is C[C@]1(O)C(N)=NC(=O)N([C@H]2C[C@H](O)[C@@H](CO)O2)[C@H]1O. The van der Waals surface area contributed by atoms with Crippen LogP contribution in [0.2, 0.25) is 0 Å². The number of nitrogens with two attached hydrogens (primary N) is 1. The molecule has 0 aromatic carbocycles. The van der Waals surface area contributed by atoms with E-state index >= 15 is 0 Å². The lowest BCUT2D eigenvalue weighted by Crippen LogP contribution is -2.65. The van der Waals surface area contributed by atoms with Crippen molar-refractivity contribution in [1.29, 1.82) is 0 Å². The Morgan fingerprint density at radius 1 is 1.58 bits per heavy atom. The third kappa shape index (κ3) is 2.19. The number of urea groups is 1. The summed E-state index contributed by atoms with van der Waals surface area (Å²) in [5.41, 5.74) is 3.49. The maximum Gasteiger partial charge on any atom is 0.349 e. The second-order valence-electron chi connectivity index (χ2n) is 4.82. The van der Waals surface area contributed by atoms with Crippen LogP contribution in [0.4, 0.5) is 4.79 Å². The molecule has 1 fully saturated rings. The summed E-state index contributed by atoms with van der Waals surface area (Å²) >= 11 is 0. The van der Waals surface area contributed by atoms with Crippen molar-refractivity contribution >= 4 is 11.9 Å². The zero-order chi connectivity index (χ0) is 14.4. The highest BCUT2D eigenvalue weighted by Gasteiger charge is 2.50. The molecular weight excluding hydrogens is 258 g/mol. The molecule has 0 bridgehead atoms. The Kier molecular flexibility index (Phi) is 3.49. The van der Waals surface area contributed by atoms with Crippen LogP contribution in [0.15, 0.2) is 4.99 Å². The van der Waals surface area contributed by atoms with Crippen LogP contribution in [0.1, 0.15) is 13.3 Å². The topological polar surface area (TPSA) is 149 Å². The number of amidine groups is 1. The minimum absolute atomic E-state index is 0.000465. The summed E-state index contributed by atoms with van der Waals surface area (Å²) in [4.78, 5) is 16.0. The van der Waals surface area contributed by atoms with Crippen molar-refractivity contribution in [2.75, 3.05) is 6.61 Å². The van der Waals surface area contributed by atoms with E-state index in [1.807, 2.05) is 0 Å². The van der Waals surface area contributed by atoms with Crippen LogP contribution in [0, 0.1) is 0 Å². The predicted molar refractivity (Wildman–Crippen MR) is 61.9 cm³/mol. The van der Waals surface area contributed by atoms with Crippen LogP contribution in [-0.4, -0.2) is 74.1 Å². The number of nitrogens with zero attached hydrogens (tertiary/aromatic N) is 2. The number of carbonyl (C=O) groups is 1. The Labute approximate surface area is 108 Å². The molecule has 2 aliphatic heterocycles. The molecule has 19 heavy (non-hydrogen) atoms. The Morgan fingerprint density at radius 3 is 2.74 bits per heavy atom. The van der Waals surface area contributed by atoms with Gasteiger partial charge in [-0.05, 0) is 6.92 Å².